The molecule has 0 radical (unpaired) electrons. The van der Waals surface area contributed by atoms with E-state index in [1.807, 2.05) is 0 Å². The van der Waals surface area contributed by atoms with Gasteiger partial charge in [-0.05, 0) is 23.2 Å². The largest absolute Gasteiger partial charge is 0.271 e. The first-order valence-corrected chi connectivity index (χ1v) is 7.48. The molecule has 0 aromatic heterocycles. The second-order valence-electron chi connectivity index (χ2n) is 6.89. The van der Waals surface area contributed by atoms with Crippen molar-refractivity contribution in [2.45, 2.75) is 52.4 Å². The van der Waals surface area contributed by atoms with E-state index in [9.17, 15) is 8.42 Å². The highest BCUT2D eigenvalue weighted by Gasteiger charge is 2.80. The van der Waals surface area contributed by atoms with E-state index in [1.165, 1.54) is 0 Å². The van der Waals surface area contributed by atoms with E-state index in [4.69, 9.17) is 4.18 Å². The van der Waals surface area contributed by atoms with Crippen molar-refractivity contribution < 1.29 is 12.6 Å². The van der Waals surface area contributed by atoms with Crippen LogP contribution in [0.15, 0.2) is 0 Å². The number of hydrogen-bond donors (Lipinski definition) is 0. The summed E-state index contributed by atoms with van der Waals surface area (Å²) < 4.78 is 29.5. The summed E-state index contributed by atoms with van der Waals surface area (Å²) in [7, 11) is -3.33. The van der Waals surface area contributed by atoms with Gasteiger partial charge in [-0.3, -0.25) is 4.18 Å². The monoisotopic (exact) mass is 244 g/mol. The van der Waals surface area contributed by atoms with Crippen LogP contribution in [0.3, 0.4) is 0 Å². The third-order valence-corrected chi connectivity index (χ3v) is 8.30. The molecular formula is C12H20O3S. The molecule has 0 N–H and O–H groups in total. The molecule has 92 valence electrons. The van der Waals surface area contributed by atoms with E-state index in [1.54, 1.807) is 0 Å². The van der Waals surface area contributed by atoms with Crippen LogP contribution in [-0.2, 0) is 14.3 Å². The van der Waals surface area contributed by atoms with E-state index < -0.39 is 10.1 Å². The van der Waals surface area contributed by atoms with Crippen molar-refractivity contribution in [3.05, 3.63) is 0 Å². The molecule has 3 rings (SSSR count). The molecule has 1 heterocycles. The summed E-state index contributed by atoms with van der Waals surface area (Å²) in [5.41, 5.74) is -0.154. The van der Waals surface area contributed by atoms with Crippen molar-refractivity contribution in [2.24, 2.45) is 22.2 Å². The van der Waals surface area contributed by atoms with Gasteiger partial charge in [0, 0.05) is 5.41 Å². The summed E-state index contributed by atoms with van der Waals surface area (Å²) in [4.78, 5) is 0. The molecule has 2 saturated carbocycles. The molecule has 0 aromatic carbocycles. The van der Waals surface area contributed by atoms with Crippen molar-refractivity contribution in [1.29, 1.82) is 0 Å². The van der Waals surface area contributed by atoms with Gasteiger partial charge in [-0.2, -0.15) is 8.42 Å². The minimum atomic E-state index is -3.33. The molecule has 5 atom stereocenters. The molecule has 3 aliphatic rings. The van der Waals surface area contributed by atoms with Gasteiger partial charge in [-0.25, -0.2) is 0 Å². The first kappa shape index (κ1) is 11.0. The lowest BCUT2D eigenvalue weighted by Gasteiger charge is -2.42. The molecule has 0 aromatic rings. The topological polar surface area (TPSA) is 43.4 Å². The Morgan fingerprint density at radius 1 is 1.19 bits per heavy atom. The van der Waals surface area contributed by atoms with Gasteiger partial charge in [0.15, 0.2) is 0 Å². The second-order valence-corrected chi connectivity index (χ2v) is 8.64. The normalized spacial score (nSPS) is 60.4. The Morgan fingerprint density at radius 3 is 2.19 bits per heavy atom. The standard InChI is InChI=1S/C12H20O3S/c1-7-11(4)6-8-12(7,5)9(10(11,2)3)15-16(8,13)14/h7-9H,6H2,1-5H3. The predicted octanol–water partition coefficient (Wildman–Crippen LogP) is 2.18. The van der Waals surface area contributed by atoms with E-state index in [0.29, 0.717) is 5.92 Å². The lowest BCUT2D eigenvalue weighted by Crippen LogP contribution is -2.45. The van der Waals surface area contributed by atoms with Crippen LogP contribution in [0.5, 0.6) is 0 Å². The summed E-state index contributed by atoms with van der Waals surface area (Å²) in [5.74, 6) is 0.405. The van der Waals surface area contributed by atoms with Crippen LogP contribution in [0.1, 0.15) is 41.0 Å². The third kappa shape index (κ3) is 0.769. The van der Waals surface area contributed by atoms with Crippen LogP contribution in [0.4, 0.5) is 0 Å². The Bertz CT molecular complexity index is 467. The Hall–Kier alpha value is -0.0900. The quantitative estimate of drug-likeness (QED) is 0.613. The van der Waals surface area contributed by atoms with Crippen LogP contribution in [-0.4, -0.2) is 19.8 Å². The molecule has 2 aliphatic carbocycles. The van der Waals surface area contributed by atoms with Gasteiger partial charge in [0.05, 0.1) is 11.4 Å². The van der Waals surface area contributed by atoms with E-state index in [2.05, 4.69) is 34.6 Å². The van der Waals surface area contributed by atoms with Crippen molar-refractivity contribution in [1.82, 2.24) is 0 Å². The van der Waals surface area contributed by atoms with Gasteiger partial charge in [-0.1, -0.05) is 34.6 Å². The van der Waals surface area contributed by atoms with Gasteiger partial charge in [0.25, 0.3) is 10.1 Å². The Morgan fingerprint density at radius 2 is 1.75 bits per heavy atom. The SMILES string of the molecule is CC1C2(C)C3OS(=O)(=O)C2CC1(C)C3(C)C. The number of fused-ring (bicyclic) bond motifs is 1. The summed E-state index contributed by atoms with van der Waals surface area (Å²) in [6, 6.07) is 0. The average Bonchev–Trinajstić information content (AvgIpc) is 2.50. The smallest absolute Gasteiger partial charge is 0.265 e. The zero-order valence-electron chi connectivity index (χ0n) is 10.6. The third-order valence-electron chi connectivity index (χ3n) is 6.46. The lowest BCUT2D eigenvalue weighted by atomic mass is 9.63. The maximum Gasteiger partial charge on any atom is 0.271 e. The average molecular weight is 244 g/mol. The molecule has 1 aliphatic heterocycles. The van der Waals surface area contributed by atoms with Crippen LogP contribution in [0, 0.1) is 22.2 Å². The molecular weight excluding hydrogens is 224 g/mol. The molecule has 1 saturated heterocycles. The van der Waals surface area contributed by atoms with Gasteiger partial charge >= 0.3 is 0 Å². The lowest BCUT2D eigenvalue weighted by molar-refractivity contribution is -0.00601. The molecule has 16 heavy (non-hydrogen) atoms. The highest BCUT2D eigenvalue weighted by Crippen LogP contribution is 2.77. The second kappa shape index (κ2) is 2.37. The summed E-state index contributed by atoms with van der Waals surface area (Å²) in [6.07, 6.45) is 0.625. The van der Waals surface area contributed by atoms with Crippen LogP contribution >= 0.6 is 0 Å². The van der Waals surface area contributed by atoms with Crippen molar-refractivity contribution in [3.8, 4) is 0 Å². The van der Waals surface area contributed by atoms with Crippen molar-refractivity contribution in [2.75, 3.05) is 0 Å². The van der Waals surface area contributed by atoms with Crippen LogP contribution in [0.25, 0.3) is 0 Å². The van der Waals surface area contributed by atoms with Gasteiger partial charge < -0.3 is 0 Å². The first-order chi connectivity index (χ1) is 7.08. The van der Waals surface area contributed by atoms with E-state index >= 15 is 0 Å². The van der Waals surface area contributed by atoms with Gasteiger partial charge in [0.1, 0.15) is 0 Å². The fourth-order valence-corrected chi connectivity index (χ4v) is 7.23. The highest BCUT2D eigenvalue weighted by molar-refractivity contribution is 7.87. The fourth-order valence-electron chi connectivity index (χ4n) is 4.88. The highest BCUT2D eigenvalue weighted by atomic mass is 32.2. The first-order valence-electron chi connectivity index (χ1n) is 6.00. The summed E-state index contributed by atoms with van der Waals surface area (Å²) in [5, 5.41) is -0.280. The molecule has 0 spiro atoms. The van der Waals surface area contributed by atoms with E-state index in [0.717, 1.165) is 6.42 Å². The molecule has 4 heteroatoms. The van der Waals surface area contributed by atoms with Gasteiger partial charge in [-0.15, -0.1) is 0 Å². The zero-order valence-corrected chi connectivity index (χ0v) is 11.4. The van der Waals surface area contributed by atoms with E-state index in [-0.39, 0.29) is 27.6 Å². The van der Waals surface area contributed by atoms with Crippen LogP contribution in [0.2, 0.25) is 0 Å². The number of rotatable bonds is 0. The molecule has 2 bridgehead atoms. The Labute approximate surface area is 97.7 Å². The van der Waals surface area contributed by atoms with Crippen molar-refractivity contribution in [3.63, 3.8) is 0 Å². The summed E-state index contributed by atoms with van der Waals surface area (Å²) >= 11 is 0. The zero-order chi connectivity index (χ0) is 12.1. The van der Waals surface area contributed by atoms with Gasteiger partial charge in [0.2, 0.25) is 0 Å². The van der Waals surface area contributed by atoms with Crippen LogP contribution < -0.4 is 0 Å². The fraction of sp³-hybridized carbons (Fsp3) is 1.00. The molecule has 5 unspecified atom stereocenters. The molecule has 3 fully saturated rings. The maximum atomic E-state index is 12.0. The minimum Gasteiger partial charge on any atom is -0.265 e. The van der Waals surface area contributed by atoms with Crippen molar-refractivity contribution >= 4 is 10.1 Å². The molecule has 3 nitrogen and oxygen atoms in total. The Balaban J connectivity index is 2.30. The molecule has 0 amide bonds. The minimum absolute atomic E-state index is 0.0543. The number of hydrogen-bond acceptors (Lipinski definition) is 3. The Kier molecular flexibility index (Phi) is 1.63. The summed E-state index contributed by atoms with van der Waals surface area (Å²) in [6.45, 7) is 10.9. The predicted molar refractivity (Wildman–Crippen MR) is 61.4 cm³/mol. The maximum absolute atomic E-state index is 12.0.